The Hall–Kier alpha value is -2.95. The molecule has 0 atom stereocenters. The van der Waals surface area contributed by atoms with E-state index >= 15 is 0 Å². The molecule has 2 aromatic rings. The third kappa shape index (κ3) is 5.31. The van der Waals surface area contributed by atoms with Crippen LogP contribution in [0.15, 0.2) is 48.5 Å². The Balaban J connectivity index is 1.68. The summed E-state index contributed by atoms with van der Waals surface area (Å²) in [6.45, 7) is 7.34. The molecule has 0 radical (unpaired) electrons. The Bertz CT molecular complexity index is 872. The van der Waals surface area contributed by atoms with Crippen molar-refractivity contribution in [3.8, 4) is 11.5 Å². The molecular weight excluding hydrogens is 364 g/mol. The van der Waals surface area contributed by atoms with Gasteiger partial charge in [0, 0.05) is 19.2 Å². The van der Waals surface area contributed by atoms with Crippen molar-refractivity contribution in [2.45, 2.75) is 39.7 Å². The van der Waals surface area contributed by atoms with Crippen LogP contribution in [0.5, 0.6) is 11.5 Å². The molecule has 1 aliphatic rings. The topological polar surface area (TPSA) is 50.8 Å². The predicted molar refractivity (Wildman–Crippen MR) is 118 cm³/mol. The number of benzene rings is 2. The van der Waals surface area contributed by atoms with Crippen LogP contribution in [0.2, 0.25) is 0 Å². The Labute approximate surface area is 173 Å². The number of carbonyl (C=O) groups excluding carboxylic acids is 1. The van der Waals surface area contributed by atoms with Gasteiger partial charge in [-0.1, -0.05) is 37.3 Å². The van der Waals surface area contributed by atoms with Crippen molar-refractivity contribution >= 4 is 17.3 Å². The second kappa shape index (κ2) is 9.50. The van der Waals surface area contributed by atoms with E-state index in [0.717, 1.165) is 12.8 Å². The Morgan fingerprint density at radius 2 is 1.93 bits per heavy atom. The highest BCUT2D eigenvalue weighted by atomic mass is 16.5. The van der Waals surface area contributed by atoms with Crippen LogP contribution in [0.4, 0.5) is 10.5 Å². The van der Waals surface area contributed by atoms with E-state index < -0.39 is 0 Å². The number of nitrogens with one attached hydrogen (secondary N) is 1. The highest BCUT2D eigenvalue weighted by Gasteiger charge is 2.20. The minimum atomic E-state index is -0.136. The van der Waals surface area contributed by atoms with Crippen LogP contribution in [-0.4, -0.2) is 37.2 Å². The van der Waals surface area contributed by atoms with Crippen LogP contribution in [0.25, 0.3) is 5.57 Å². The number of hydrogen-bond acceptors (Lipinski definition) is 3. The Morgan fingerprint density at radius 1 is 1.17 bits per heavy atom. The quantitative estimate of drug-likeness (QED) is 0.717. The number of urea groups is 1. The van der Waals surface area contributed by atoms with Crippen molar-refractivity contribution in [1.29, 1.82) is 0 Å². The summed E-state index contributed by atoms with van der Waals surface area (Å²) < 4.78 is 11.1. The lowest BCUT2D eigenvalue weighted by Crippen LogP contribution is -2.38. The molecule has 3 rings (SSSR count). The van der Waals surface area contributed by atoms with Crippen LogP contribution < -0.4 is 14.8 Å². The number of hydrogen-bond donors (Lipinski definition) is 1. The van der Waals surface area contributed by atoms with Crippen molar-refractivity contribution in [2.75, 3.05) is 25.5 Å². The number of amides is 2. The third-order valence-electron chi connectivity index (χ3n) is 5.02. The fourth-order valence-corrected chi connectivity index (χ4v) is 3.36. The summed E-state index contributed by atoms with van der Waals surface area (Å²) in [5.41, 5.74) is 4.49. The smallest absolute Gasteiger partial charge is 0.322 e. The average Bonchev–Trinajstić information content (AvgIpc) is 2.74. The molecule has 1 aliphatic heterocycles. The Morgan fingerprint density at radius 3 is 2.52 bits per heavy atom. The van der Waals surface area contributed by atoms with Gasteiger partial charge in [-0.2, -0.15) is 0 Å². The number of aryl methyl sites for hydroxylation is 1. The van der Waals surface area contributed by atoms with Gasteiger partial charge in [0.15, 0.2) is 0 Å². The molecule has 29 heavy (non-hydrogen) atoms. The number of nitrogens with zero attached hydrogens (tertiary/aromatic N) is 1. The van der Waals surface area contributed by atoms with Gasteiger partial charge >= 0.3 is 6.03 Å². The van der Waals surface area contributed by atoms with E-state index in [4.69, 9.17) is 9.47 Å². The molecule has 1 N–H and O–H groups in total. The molecule has 0 saturated carbocycles. The molecule has 154 valence electrons. The van der Waals surface area contributed by atoms with Gasteiger partial charge in [0.25, 0.3) is 0 Å². The van der Waals surface area contributed by atoms with Gasteiger partial charge in [-0.25, -0.2) is 4.79 Å². The van der Waals surface area contributed by atoms with Gasteiger partial charge in [0.1, 0.15) is 11.5 Å². The number of methoxy groups -OCH3 is 1. The van der Waals surface area contributed by atoms with Crippen molar-refractivity contribution in [3.63, 3.8) is 0 Å². The van der Waals surface area contributed by atoms with Gasteiger partial charge in [0.05, 0.1) is 18.9 Å². The van der Waals surface area contributed by atoms with Gasteiger partial charge < -0.3 is 19.7 Å². The van der Waals surface area contributed by atoms with Crippen LogP contribution in [0.3, 0.4) is 0 Å². The second-order valence-corrected chi connectivity index (χ2v) is 7.43. The fourth-order valence-electron chi connectivity index (χ4n) is 3.36. The molecule has 0 fully saturated rings. The summed E-state index contributed by atoms with van der Waals surface area (Å²) in [6, 6.07) is 14.0. The molecule has 0 aliphatic carbocycles. The lowest BCUT2D eigenvalue weighted by atomic mass is 9.98. The maximum atomic E-state index is 12.8. The number of carbonyl (C=O) groups is 1. The maximum absolute atomic E-state index is 12.8. The summed E-state index contributed by atoms with van der Waals surface area (Å²) in [6.07, 6.45) is 4.03. The third-order valence-corrected chi connectivity index (χ3v) is 5.02. The van der Waals surface area contributed by atoms with Crippen LogP contribution >= 0.6 is 0 Å². The van der Waals surface area contributed by atoms with Crippen molar-refractivity contribution in [2.24, 2.45) is 0 Å². The van der Waals surface area contributed by atoms with E-state index in [-0.39, 0.29) is 12.1 Å². The molecule has 0 saturated heterocycles. The van der Waals surface area contributed by atoms with Gasteiger partial charge in [-0.05, 0) is 55.5 Å². The Kier molecular flexibility index (Phi) is 6.81. The summed E-state index contributed by atoms with van der Waals surface area (Å²) in [5, 5.41) is 2.98. The van der Waals surface area contributed by atoms with E-state index in [1.807, 2.05) is 30.9 Å². The average molecular weight is 395 g/mol. The molecule has 5 nitrogen and oxygen atoms in total. The standard InChI is InChI=1S/C24H30N2O3/c1-5-18-6-8-19(9-7-18)20-12-14-26(15-13-20)24(27)25-22-16-21(28-4)10-11-23(22)29-17(2)3/h6-12,16-17H,5,13-15H2,1-4H3,(H,25,27). The van der Waals surface area contributed by atoms with E-state index in [9.17, 15) is 4.79 Å². The van der Waals surface area contributed by atoms with Gasteiger partial charge in [-0.3, -0.25) is 0 Å². The zero-order valence-corrected chi connectivity index (χ0v) is 17.7. The lowest BCUT2D eigenvalue weighted by Gasteiger charge is -2.27. The van der Waals surface area contributed by atoms with Gasteiger partial charge in [-0.15, -0.1) is 0 Å². The maximum Gasteiger partial charge on any atom is 0.322 e. The number of ether oxygens (including phenoxy) is 2. The van der Waals surface area contributed by atoms with Crippen LogP contribution in [-0.2, 0) is 6.42 Å². The molecule has 5 heteroatoms. The molecule has 1 heterocycles. The summed E-state index contributed by atoms with van der Waals surface area (Å²) in [7, 11) is 1.61. The first-order chi connectivity index (χ1) is 14.0. The number of anilines is 1. The zero-order chi connectivity index (χ0) is 20.8. The van der Waals surface area contributed by atoms with E-state index in [1.54, 1.807) is 13.2 Å². The summed E-state index contributed by atoms with van der Waals surface area (Å²) in [4.78, 5) is 14.6. The van der Waals surface area contributed by atoms with Crippen LogP contribution in [0, 0.1) is 0 Å². The van der Waals surface area contributed by atoms with E-state index in [1.165, 1.54) is 16.7 Å². The van der Waals surface area contributed by atoms with E-state index in [2.05, 4.69) is 42.6 Å². The van der Waals surface area contributed by atoms with Gasteiger partial charge in [0.2, 0.25) is 0 Å². The normalized spacial score (nSPS) is 13.8. The summed E-state index contributed by atoms with van der Waals surface area (Å²) in [5.74, 6) is 1.31. The molecule has 0 spiro atoms. The number of rotatable bonds is 6. The second-order valence-electron chi connectivity index (χ2n) is 7.43. The monoisotopic (exact) mass is 394 g/mol. The first-order valence-corrected chi connectivity index (χ1v) is 10.2. The van der Waals surface area contributed by atoms with Crippen LogP contribution in [0.1, 0.15) is 38.3 Å². The van der Waals surface area contributed by atoms with Crippen molar-refractivity contribution < 1.29 is 14.3 Å². The SMILES string of the molecule is CCc1ccc(C2=CCN(C(=O)Nc3cc(OC)ccc3OC(C)C)CC2)cc1. The molecule has 2 amide bonds. The highest BCUT2D eigenvalue weighted by Crippen LogP contribution is 2.31. The van der Waals surface area contributed by atoms with Crippen molar-refractivity contribution in [1.82, 2.24) is 4.90 Å². The minimum absolute atomic E-state index is 0.0126. The largest absolute Gasteiger partial charge is 0.497 e. The highest BCUT2D eigenvalue weighted by molar-refractivity contribution is 5.92. The molecule has 0 bridgehead atoms. The summed E-state index contributed by atoms with van der Waals surface area (Å²) >= 11 is 0. The first-order valence-electron chi connectivity index (χ1n) is 10.2. The molecule has 2 aromatic carbocycles. The molecule has 0 aromatic heterocycles. The zero-order valence-electron chi connectivity index (χ0n) is 17.7. The molecule has 0 unspecified atom stereocenters. The predicted octanol–water partition coefficient (Wildman–Crippen LogP) is 5.37. The molecular formula is C24H30N2O3. The minimum Gasteiger partial charge on any atom is -0.497 e. The van der Waals surface area contributed by atoms with Crippen molar-refractivity contribution in [3.05, 3.63) is 59.7 Å². The lowest BCUT2D eigenvalue weighted by molar-refractivity contribution is 0.216. The first kappa shape index (κ1) is 20.8. The van der Waals surface area contributed by atoms with E-state index in [0.29, 0.717) is 30.3 Å². The fraction of sp³-hybridized carbons (Fsp3) is 0.375.